The zero-order chi connectivity index (χ0) is 14.3. The van der Waals surface area contributed by atoms with Gasteiger partial charge in [-0.05, 0) is 24.3 Å². The van der Waals surface area contributed by atoms with Gasteiger partial charge in [0.05, 0.1) is 10.9 Å². The Balaban J connectivity index is 2.32. The first-order chi connectivity index (χ1) is 9.56. The zero-order valence-electron chi connectivity index (χ0n) is 10.2. The molecule has 1 aromatic heterocycles. The Labute approximate surface area is 113 Å². The van der Waals surface area contributed by atoms with E-state index in [2.05, 4.69) is 0 Å². The maximum atomic E-state index is 12.0. The molecular weight excluding hydrogens is 260 g/mol. The third kappa shape index (κ3) is 1.85. The summed E-state index contributed by atoms with van der Waals surface area (Å²) in [5, 5.41) is 29.0. The first-order valence-corrected chi connectivity index (χ1v) is 5.84. The molecule has 0 amide bonds. The van der Waals surface area contributed by atoms with Crippen LogP contribution in [0.1, 0.15) is 0 Å². The minimum atomic E-state index is -0.366. The molecule has 20 heavy (non-hydrogen) atoms. The molecule has 0 atom stereocenters. The fourth-order valence-electron chi connectivity index (χ4n) is 2.01. The lowest BCUT2D eigenvalue weighted by Gasteiger charge is -2.06. The van der Waals surface area contributed by atoms with Crippen molar-refractivity contribution in [1.29, 1.82) is 0 Å². The van der Waals surface area contributed by atoms with Crippen LogP contribution < -0.4 is 5.43 Å². The molecule has 2 aromatic carbocycles. The molecule has 0 unspecified atom stereocenters. The largest absolute Gasteiger partial charge is 0.508 e. The quantitative estimate of drug-likeness (QED) is 0.591. The van der Waals surface area contributed by atoms with Crippen LogP contribution in [0.25, 0.3) is 22.3 Å². The molecule has 3 N–H and O–H groups in total. The van der Waals surface area contributed by atoms with Gasteiger partial charge in [0, 0.05) is 12.1 Å². The molecule has 0 saturated carbocycles. The average molecular weight is 270 g/mol. The summed E-state index contributed by atoms with van der Waals surface area (Å²) < 4.78 is 5.51. The van der Waals surface area contributed by atoms with Crippen LogP contribution in [0, 0.1) is 0 Å². The smallest absolute Gasteiger partial charge is 0.193 e. The second-order valence-corrected chi connectivity index (χ2v) is 4.33. The third-order valence-corrected chi connectivity index (χ3v) is 2.99. The van der Waals surface area contributed by atoms with Crippen molar-refractivity contribution >= 4 is 11.0 Å². The highest BCUT2D eigenvalue weighted by molar-refractivity contribution is 5.81. The molecule has 100 valence electrons. The number of para-hydroxylation sites is 1. The van der Waals surface area contributed by atoms with Gasteiger partial charge in [-0.25, -0.2) is 0 Å². The number of hydrogen-bond donors (Lipinski definition) is 3. The first kappa shape index (κ1) is 12.1. The first-order valence-electron chi connectivity index (χ1n) is 5.84. The molecule has 0 aliphatic rings. The molecule has 5 heteroatoms. The summed E-state index contributed by atoms with van der Waals surface area (Å²) in [5.74, 6) is -0.587. The molecule has 0 spiro atoms. The van der Waals surface area contributed by atoms with Crippen LogP contribution in [0.5, 0.6) is 17.2 Å². The molecule has 0 aliphatic carbocycles. The molecule has 1 heterocycles. The average Bonchev–Trinajstić information content (AvgIpc) is 2.41. The molecule has 3 rings (SSSR count). The summed E-state index contributed by atoms with van der Waals surface area (Å²) in [6.45, 7) is 0. The van der Waals surface area contributed by atoms with Gasteiger partial charge >= 0.3 is 0 Å². The topological polar surface area (TPSA) is 90.9 Å². The van der Waals surface area contributed by atoms with Crippen molar-refractivity contribution in [2.24, 2.45) is 0 Å². The van der Waals surface area contributed by atoms with Gasteiger partial charge < -0.3 is 19.7 Å². The Morgan fingerprint density at radius 1 is 0.950 bits per heavy atom. The summed E-state index contributed by atoms with van der Waals surface area (Å²) in [7, 11) is 0. The molecule has 0 bridgehead atoms. The van der Waals surface area contributed by atoms with E-state index in [0.717, 1.165) is 0 Å². The number of rotatable bonds is 1. The van der Waals surface area contributed by atoms with Crippen molar-refractivity contribution in [3.05, 3.63) is 52.7 Å². The van der Waals surface area contributed by atoms with Crippen molar-refractivity contribution in [3.63, 3.8) is 0 Å². The second kappa shape index (κ2) is 4.31. The van der Waals surface area contributed by atoms with Gasteiger partial charge in [0.2, 0.25) is 0 Å². The normalized spacial score (nSPS) is 10.8. The van der Waals surface area contributed by atoms with Crippen molar-refractivity contribution in [3.8, 4) is 28.6 Å². The Morgan fingerprint density at radius 2 is 1.75 bits per heavy atom. The van der Waals surface area contributed by atoms with E-state index in [0.29, 0.717) is 5.39 Å². The van der Waals surface area contributed by atoms with Crippen LogP contribution in [0.2, 0.25) is 0 Å². The van der Waals surface area contributed by atoms with Crippen LogP contribution >= 0.6 is 0 Å². The number of aromatic hydroxyl groups is 3. The minimum Gasteiger partial charge on any atom is -0.508 e. The Hall–Kier alpha value is -2.95. The highest BCUT2D eigenvalue weighted by Gasteiger charge is 2.13. The van der Waals surface area contributed by atoms with E-state index < -0.39 is 0 Å². The second-order valence-electron chi connectivity index (χ2n) is 4.33. The Morgan fingerprint density at radius 3 is 2.55 bits per heavy atom. The summed E-state index contributed by atoms with van der Waals surface area (Å²) in [6.07, 6.45) is 0. The van der Waals surface area contributed by atoms with Gasteiger partial charge in [0.1, 0.15) is 17.1 Å². The van der Waals surface area contributed by atoms with E-state index in [9.17, 15) is 20.1 Å². The van der Waals surface area contributed by atoms with E-state index in [-0.39, 0.29) is 39.6 Å². The lowest BCUT2D eigenvalue weighted by atomic mass is 10.1. The lowest BCUT2D eigenvalue weighted by molar-refractivity contribution is 0.404. The van der Waals surface area contributed by atoms with Crippen LogP contribution in [-0.2, 0) is 0 Å². The summed E-state index contributed by atoms with van der Waals surface area (Å²) in [5.41, 5.74) is 0.103. The van der Waals surface area contributed by atoms with Gasteiger partial charge in [-0.3, -0.25) is 4.79 Å². The molecule has 0 saturated heterocycles. The van der Waals surface area contributed by atoms with Crippen LogP contribution in [0.15, 0.2) is 51.7 Å². The maximum absolute atomic E-state index is 12.0. The molecule has 5 nitrogen and oxygen atoms in total. The van der Waals surface area contributed by atoms with Crippen molar-refractivity contribution < 1.29 is 19.7 Å². The van der Waals surface area contributed by atoms with E-state index in [1.807, 2.05) is 0 Å². The Kier molecular flexibility index (Phi) is 2.61. The minimum absolute atomic E-state index is 0.0297. The van der Waals surface area contributed by atoms with Crippen molar-refractivity contribution in [2.45, 2.75) is 0 Å². The lowest BCUT2D eigenvalue weighted by Crippen LogP contribution is -2.00. The SMILES string of the molecule is O=c1cc(-c2cccc(O)c2O)oc2cc(O)ccc12. The molecule has 0 radical (unpaired) electrons. The van der Waals surface area contributed by atoms with Crippen LogP contribution in [0.3, 0.4) is 0 Å². The van der Waals surface area contributed by atoms with Gasteiger partial charge in [-0.2, -0.15) is 0 Å². The fourth-order valence-corrected chi connectivity index (χ4v) is 2.01. The summed E-state index contributed by atoms with van der Waals surface area (Å²) in [6, 6.07) is 9.77. The third-order valence-electron chi connectivity index (χ3n) is 2.99. The van der Waals surface area contributed by atoms with Gasteiger partial charge in [0.15, 0.2) is 16.9 Å². The number of benzene rings is 2. The Bertz CT molecular complexity index is 864. The van der Waals surface area contributed by atoms with Crippen molar-refractivity contribution in [2.75, 3.05) is 0 Å². The van der Waals surface area contributed by atoms with Gasteiger partial charge in [-0.15, -0.1) is 0 Å². The molecule has 0 aliphatic heterocycles. The monoisotopic (exact) mass is 270 g/mol. The predicted octanol–water partition coefficient (Wildman–Crippen LogP) is 2.58. The number of hydrogen-bond acceptors (Lipinski definition) is 5. The predicted molar refractivity (Wildman–Crippen MR) is 72.9 cm³/mol. The summed E-state index contributed by atoms with van der Waals surface area (Å²) >= 11 is 0. The van der Waals surface area contributed by atoms with Gasteiger partial charge in [-0.1, -0.05) is 6.07 Å². The highest BCUT2D eigenvalue weighted by atomic mass is 16.3. The zero-order valence-corrected chi connectivity index (χ0v) is 10.2. The number of phenols is 3. The molecule has 3 aromatic rings. The standard InChI is InChI=1S/C15H10O5/c16-8-4-5-9-12(18)7-14(20-13(9)6-8)10-2-1-3-11(17)15(10)19/h1-7,16-17,19H. The van der Waals surface area contributed by atoms with Gasteiger partial charge in [0.25, 0.3) is 0 Å². The highest BCUT2D eigenvalue weighted by Crippen LogP contribution is 2.36. The number of fused-ring (bicyclic) bond motifs is 1. The van der Waals surface area contributed by atoms with E-state index in [1.54, 1.807) is 0 Å². The summed E-state index contributed by atoms with van der Waals surface area (Å²) in [4.78, 5) is 12.0. The van der Waals surface area contributed by atoms with E-state index >= 15 is 0 Å². The van der Waals surface area contributed by atoms with E-state index in [4.69, 9.17) is 4.42 Å². The van der Waals surface area contributed by atoms with E-state index in [1.165, 1.54) is 42.5 Å². The molecule has 0 fully saturated rings. The number of phenolic OH excluding ortho intramolecular Hbond substituents is 3. The van der Waals surface area contributed by atoms with Crippen LogP contribution in [0.4, 0.5) is 0 Å². The van der Waals surface area contributed by atoms with Crippen LogP contribution in [-0.4, -0.2) is 15.3 Å². The van der Waals surface area contributed by atoms with Crippen molar-refractivity contribution in [1.82, 2.24) is 0 Å². The maximum Gasteiger partial charge on any atom is 0.193 e. The fraction of sp³-hybridized carbons (Fsp3) is 0. The molecular formula is C15H10O5.